The van der Waals surface area contributed by atoms with Gasteiger partial charge in [0.25, 0.3) is 0 Å². The zero-order chi connectivity index (χ0) is 14.5. The van der Waals surface area contributed by atoms with E-state index in [1.54, 1.807) is 6.92 Å². The number of aliphatic hydroxyl groups is 1. The van der Waals surface area contributed by atoms with E-state index in [0.29, 0.717) is 0 Å². The molecule has 0 saturated heterocycles. The number of amides is 1. The molecule has 4 nitrogen and oxygen atoms in total. The van der Waals surface area contributed by atoms with E-state index in [2.05, 4.69) is 12.2 Å². The van der Waals surface area contributed by atoms with Crippen LogP contribution < -0.4 is 5.32 Å². The topological polar surface area (TPSA) is 52.6 Å². The van der Waals surface area contributed by atoms with Crippen molar-refractivity contribution >= 4 is 17.2 Å². The van der Waals surface area contributed by atoms with E-state index < -0.39 is 5.60 Å². The highest BCUT2D eigenvalue weighted by Gasteiger charge is 2.27. The fourth-order valence-electron chi connectivity index (χ4n) is 1.95. The Hall–Kier alpha value is -0.910. The Bertz CT molecular complexity index is 388. The largest absolute Gasteiger partial charge is 0.383 e. The predicted octanol–water partition coefficient (Wildman–Crippen LogP) is 1.80. The van der Waals surface area contributed by atoms with Gasteiger partial charge in [-0.1, -0.05) is 19.4 Å². The number of rotatable bonds is 7. The minimum Gasteiger partial charge on any atom is -0.383 e. The molecule has 1 rings (SSSR count). The Balaban J connectivity index is 2.58. The molecule has 0 saturated carbocycles. The molecular formula is C14H24N2O2S. The lowest BCUT2D eigenvalue weighted by Gasteiger charge is -2.26. The molecule has 0 aliphatic rings. The summed E-state index contributed by atoms with van der Waals surface area (Å²) in [5.74, 6) is -0.0244. The summed E-state index contributed by atoms with van der Waals surface area (Å²) in [6, 6.07) is 3.64. The second kappa shape index (κ2) is 7.03. The van der Waals surface area contributed by atoms with Crippen LogP contribution in [0.5, 0.6) is 0 Å². The molecule has 0 bridgehead atoms. The SMILES string of the molecule is CCCC(C(=O)NCC(C)(O)c1cccs1)N(C)C. The molecule has 2 unspecified atom stereocenters. The highest BCUT2D eigenvalue weighted by molar-refractivity contribution is 7.10. The van der Waals surface area contributed by atoms with Gasteiger partial charge in [0, 0.05) is 4.88 Å². The van der Waals surface area contributed by atoms with Crippen molar-refractivity contribution in [1.82, 2.24) is 10.2 Å². The number of thiophene rings is 1. The Morgan fingerprint density at radius 3 is 2.74 bits per heavy atom. The number of nitrogens with one attached hydrogen (secondary N) is 1. The molecule has 0 spiro atoms. The van der Waals surface area contributed by atoms with Gasteiger partial charge in [0.1, 0.15) is 5.60 Å². The Morgan fingerprint density at radius 1 is 1.58 bits per heavy atom. The molecule has 1 heterocycles. The van der Waals surface area contributed by atoms with E-state index in [-0.39, 0.29) is 18.5 Å². The first kappa shape index (κ1) is 16.1. The van der Waals surface area contributed by atoms with Crippen LogP contribution in [-0.4, -0.2) is 42.6 Å². The maximum atomic E-state index is 12.1. The first-order valence-corrected chi connectivity index (χ1v) is 7.47. The third-order valence-corrected chi connectivity index (χ3v) is 4.27. The third-order valence-electron chi connectivity index (χ3n) is 3.15. The van der Waals surface area contributed by atoms with Crippen LogP contribution in [0, 0.1) is 0 Å². The number of carbonyl (C=O) groups is 1. The van der Waals surface area contributed by atoms with E-state index in [9.17, 15) is 9.90 Å². The molecule has 0 aliphatic heterocycles. The van der Waals surface area contributed by atoms with Gasteiger partial charge in [-0.05, 0) is 38.9 Å². The minimum atomic E-state index is -1.01. The number of carbonyl (C=O) groups excluding carboxylic acids is 1. The van der Waals surface area contributed by atoms with Gasteiger partial charge in [-0.2, -0.15) is 0 Å². The number of hydrogen-bond acceptors (Lipinski definition) is 4. The van der Waals surface area contributed by atoms with Crippen molar-refractivity contribution in [2.24, 2.45) is 0 Å². The zero-order valence-corrected chi connectivity index (χ0v) is 13.0. The summed E-state index contributed by atoms with van der Waals surface area (Å²) in [6.07, 6.45) is 1.78. The summed E-state index contributed by atoms with van der Waals surface area (Å²) in [5, 5.41) is 15.1. The number of hydrogen-bond donors (Lipinski definition) is 2. The van der Waals surface area contributed by atoms with Crippen LogP contribution in [0.2, 0.25) is 0 Å². The molecule has 0 aliphatic carbocycles. The average molecular weight is 284 g/mol. The van der Waals surface area contributed by atoms with Gasteiger partial charge >= 0.3 is 0 Å². The van der Waals surface area contributed by atoms with Crippen LogP contribution >= 0.6 is 11.3 Å². The molecule has 2 N–H and O–H groups in total. The van der Waals surface area contributed by atoms with Gasteiger partial charge in [0.05, 0.1) is 12.6 Å². The Morgan fingerprint density at radius 2 is 2.26 bits per heavy atom. The monoisotopic (exact) mass is 284 g/mol. The lowest BCUT2D eigenvalue weighted by atomic mass is 10.0. The van der Waals surface area contributed by atoms with Crippen LogP contribution in [0.25, 0.3) is 0 Å². The maximum Gasteiger partial charge on any atom is 0.237 e. The number of likely N-dealkylation sites (N-methyl/N-ethyl adjacent to an activating group) is 1. The van der Waals surface area contributed by atoms with Crippen molar-refractivity contribution in [2.75, 3.05) is 20.6 Å². The molecular weight excluding hydrogens is 260 g/mol. The van der Waals surface area contributed by atoms with Crippen LogP contribution in [0.3, 0.4) is 0 Å². The fraction of sp³-hybridized carbons (Fsp3) is 0.643. The first-order chi connectivity index (χ1) is 8.88. The van der Waals surface area contributed by atoms with Crippen molar-refractivity contribution in [3.63, 3.8) is 0 Å². The summed E-state index contributed by atoms with van der Waals surface area (Å²) in [5.41, 5.74) is -1.01. The van der Waals surface area contributed by atoms with Crippen molar-refractivity contribution < 1.29 is 9.90 Å². The summed E-state index contributed by atoms with van der Waals surface area (Å²) < 4.78 is 0. The maximum absolute atomic E-state index is 12.1. The van der Waals surface area contributed by atoms with Crippen LogP contribution in [0.1, 0.15) is 31.6 Å². The van der Waals surface area contributed by atoms with Crippen molar-refractivity contribution in [3.8, 4) is 0 Å². The van der Waals surface area contributed by atoms with Gasteiger partial charge < -0.3 is 10.4 Å². The Labute approximate surface area is 119 Å². The Kier molecular flexibility index (Phi) is 5.97. The van der Waals surface area contributed by atoms with Crippen molar-refractivity contribution in [2.45, 2.75) is 38.3 Å². The van der Waals surface area contributed by atoms with Gasteiger partial charge in [-0.15, -0.1) is 11.3 Å². The molecule has 1 aromatic heterocycles. The third kappa shape index (κ3) is 4.60. The minimum absolute atomic E-state index is 0.0244. The molecule has 2 atom stereocenters. The van der Waals surface area contributed by atoms with Crippen LogP contribution in [0.15, 0.2) is 17.5 Å². The quantitative estimate of drug-likeness (QED) is 0.803. The standard InChI is InChI=1S/C14H24N2O2S/c1-5-7-11(16(3)4)13(17)15-10-14(2,18)12-8-6-9-19-12/h6,8-9,11,18H,5,7,10H2,1-4H3,(H,15,17). The van der Waals surface area contributed by atoms with Gasteiger partial charge in [-0.3, -0.25) is 9.69 Å². The highest BCUT2D eigenvalue weighted by atomic mass is 32.1. The molecule has 0 aromatic carbocycles. The molecule has 1 amide bonds. The predicted molar refractivity (Wildman–Crippen MR) is 79.3 cm³/mol. The van der Waals surface area contributed by atoms with Gasteiger partial charge in [0.15, 0.2) is 0 Å². The lowest BCUT2D eigenvalue weighted by molar-refractivity contribution is -0.127. The highest BCUT2D eigenvalue weighted by Crippen LogP contribution is 2.24. The van der Waals surface area contributed by atoms with E-state index in [1.807, 2.05) is 36.5 Å². The summed E-state index contributed by atoms with van der Waals surface area (Å²) >= 11 is 1.49. The molecule has 1 aromatic rings. The molecule has 19 heavy (non-hydrogen) atoms. The van der Waals surface area contributed by atoms with E-state index in [0.717, 1.165) is 17.7 Å². The normalized spacial score (nSPS) is 16.1. The fourth-order valence-corrected chi connectivity index (χ4v) is 2.73. The second-order valence-electron chi connectivity index (χ2n) is 5.24. The first-order valence-electron chi connectivity index (χ1n) is 6.59. The average Bonchev–Trinajstić information content (AvgIpc) is 2.87. The molecule has 0 fully saturated rings. The van der Waals surface area contributed by atoms with Gasteiger partial charge in [0.2, 0.25) is 5.91 Å². The number of nitrogens with zero attached hydrogens (tertiary/aromatic N) is 1. The molecule has 0 radical (unpaired) electrons. The van der Waals surface area contributed by atoms with Gasteiger partial charge in [-0.25, -0.2) is 0 Å². The van der Waals surface area contributed by atoms with E-state index >= 15 is 0 Å². The summed E-state index contributed by atoms with van der Waals surface area (Å²) in [6.45, 7) is 4.02. The summed E-state index contributed by atoms with van der Waals surface area (Å²) in [4.78, 5) is 14.9. The van der Waals surface area contributed by atoms with Crippen LogP contribution in [-0.2, 0) is 10.4 Å². The smallest absolute Gasteiger partial charge is 0.237 e. The van der Waals surface area contributed by atoms with Crippen molar-refractivity contribution in [3.05, 3.63) is 22.4 Å². The lowest BCUT2D eigenvalue weighted by Crippen LogP contribution is -2.47. The van der Waals surface area contributed by atoms with E-state index in [4.69, 9.17) is 0 Å². The second-order valence-corrected chi connectivity index (χ2v) is 6.18. The van der Waals surface area contributed by atoms with Crippen LogP contribution in [0.4, 0.5) is 0 Å². The molecule has 108 valence electrons. The summed E-state index contributed by atoms with van der Waals surface area (Å²) in [7, 11) is 3.80. The van der Waals surface area contributed by atoms with Crippen molar-refractivity contribution in [1.29, 1.82) is 0 Å². The molecule has 5 heteroatoms. The van der Waals surface area contributed by atoms with E-state index in [1.165, 1.54) is 11.3 Å². The zero-order valence-electron chi connectivity index (χ0n) is 12.1.